The topological polar surface area (TPSA) is 83.9 Å². The van der Waals surface area contributed by atoms with Gasteiger partial charge in [0.25, 0.3) is 0 Å². The molecule has 0 radical (unpaired) electrons. The molecule has 1 aromatic carbocycles. The maximum Gasteiger partial charge on any atom is 0.238 e. The minimum Gasteiger partial charge on any atom is -0.493 e. The Hall–Kier alpha value is -2.94. The van der Waals surface area contributed by atoms with Crippen molar-refractivity contribution in [2.45, 2.75) is 37.8 Å². The number of carbonyl (C=O) groups excluding carboxylic acids is 1. The van der Waals surface area contributed by atoms with Crippen LogP contribution < -0.4 is 19.7 Å². The highest BCUT2D eigenvalue weighted by Gasteiger charge is 2.57. The Kier molecular flexibility index (Phi) is 5.01. The summed E-state index contributed by atoms with van der Waals surface area (Å²) in [6.07, 6.45) is 2.22. The Morgan fingerprint density at radius 3 is 2.40 bits per heavy atom. The van der Waals surface area contributed by atoms with Crippen molar-refractivity contribution in [2.24, 2.45) is 0 Å². The molecular formula is C21H23F2N3O4. The van der Waals surface area contributed by atoms with Crippen molar-refractivity contribution in [1.29, 1.82) is 0 Å². The first kappa shape index (κ1) is 20.3. The number of amides is 1. The van der Waals surface area contributed by atoms with Crippen molar-refractivity contribution in [2.75, 3.05) is 31.0 Å². The second-order valence-electron chi connectivity index (χ2n) is 7.69. The number of hydrogen-bond donors (Lipinski definition) is 2. The summed E-state index contributed by atoms with van der Waals surface area (Å²) in [5.74, 6) is -2.14. The van der Waals surface area contributed by atoms with E-state index in [1.54, 1.807) is 19.2 Å². The number of nitrogens with zero attached hydrogens (tertiary/aromatic N) is 2. The van der Waals surface area contributed by atoms with Crippen LogP contribution in [0.5, 0.6) is 11.5 Å². The summed E-state index contributed by atoms with van der Waals surface area (Å²) < 4.78 is 40.1. The molecule has 1 aliphatic heterocycles. The van der Waals surface area contributed by atoms with Gasteiger partial charge in [0.05, 0.1) is 32.3 Å². The molecule has 4 rings (SSSR count). The molecule has 1 aliphatic carbocycles. The van der Waals surface area contributed by atoms with Crippen LogP contribution in [0.15, 0.2) is 18.3 Å². The molecule has 1 amide bonds. The SMILES string of the molecule is COc1cc(OC)c(F)c(N2Cc3cnc(NCC(C)O)cc3C3(CC3)C2=O)c1F. The predicted molar refractivity (Wildman–Crippen MR) is 106 cm³/mol. The standard InChI is InChI=1S/C21H23F2N3O4/c1-11(27)8-24-16-6-13-12(9-25-16)10-26(20(28)21(13)4-5-21)19-17(22)14(29-2)7-15(30-3)18(19)23/h6-7,9,11,27H,4-5,8,10H2,1-3H3,(H,24,25). The van der Waals surface area contributed by atoms with E-state index >= 15 is 8.78 Å². The molecule has 1 saturated carbocycles. The Bertz CT molecular complexity index is 980. The average molecular weight is 419 g/mol. The van der Waals surface area contributed by atoms with Gasteiger partial charge in [0, 0.05) is 18.8 Å². The predicted octanol–water partition coefficient (Wildman–Crippen LogP) is 2.75. The zero-order valence-electron chi connectivity index (χ0n) is 17.0. The number of carbonyl (C=O) groups is 1. The molecule has 2 N–H and O–H groups in total. The highest BCUT2D eigenvalue weighted by atomic mass is 19.1. The largest absolute Gasteiger partial charge is 0.493 e. The molecule has 160 valence electrons. The van der Waals surface area contributed by atoms with Gasteiger partial charge in [-0.3, -0.25) is 4.79 Å². The molecule has 2 aromatic rings. The minimum atomic E-state index is -0.952. The first-order valence-electron chi connectivity index (χ1n) is 9.65. The fraction of sp³-hybridized carbons (Fsp3) is 0.429. The fourth-order valence-electron chi connectivity index (χ4n) is 3.92. The summed E-state index contributed by atoms with van der Waals surface area (Å²) in [5.41, 5.74) is 0.217. The summed E-state index contributed by atoms with van der Waals surface area (Å²) in [5, 5.41) is 12.5. The quantitative estimate of drug-likeness (QED) is 0.749. The van der Waals surface area contributed by atoms with Gasteiger partial charge in [0.2, 0.25) is 5.91 Å². The van der Waals surface area contributed by atoms with Crippen molar-refractivity contribution in [3.63, 3.8) is 0 Å². The van der Waals surface area contributed by atoms with E-state index in [9.17, 15) is 9.90 Å². The molecule has 30 heavy (non-hydrogen) atoms. The number of anilines is 2. The Morgan fingerprint density at radius 2 is 1.87 bits per heavy atom. The van der Waals surface area contributed by atoms with Gasteiger partial charge in [-0.2, -0.15) is 0 Å². The van der Waals surface area contributed by atoms with Gasteiger partial charge in [-0.15, -0.1) is 0 Å². The number of benzene rings is 1. The van der Waals surface area contributed by atoms with Gasteiger partial charge in [-0.1, -0.05) is 0 Å². The lowest BCUT2D eigenvalue weighted by Gasteiger charge is -2.35. The number of aliphatic hydroxyl groups is 1. The van der Waals surface area contributed by atoms with Crippen molar-refractivity contribution in [3.05, 3.63) is 41.1 Å². The molecule has 2 heterocycles. The lowest BCUT2D eigenvalue weighted by molar-refractivity contribution is -0.121. The number of pyridine rings is 1. The number of fused-ring (bicyclic) bond motifs is 2. The summed E-state index contributed by atoms with van der Waals surface area (Å²) in [4.78, 5) is 18.8. The molecule has 2 aliphatic rings. The van der Waals surface area contributed by atoms with Crippen molar-refractivity contribution in [1.82, 2.24) is 4.98 Å². The molecule has 1 spiro atoms. The second-order valence-corrected chi connectivity index (χ2v) is 7.69. The third kappa shape index (κ3) is 3.13. The number of aromatic nitrogens is 1. The van der Waals surface area contributed by atoms with Crippen LogP contribution in [0.3, 0.4) is 0 Å². The molecule has 9 heteroatoms. The Balaban J connectivity index is 1.78. The molecular weight excluding hydrogens is 396 g/mol. The number of halogens is 2. The molecule has 0 bridgehead atoms. The van der Waals surface area contributed by atoms with Crippen LogP contribution >= 0.6 is 0 Å². The Morgan fingerprint density at radius 1 is 1.23 bits per heavy atom. The van der Waals surface area contributed by atoms with E-state index < -0.39 is 28.8 Å². The van der Waals surface area contributed by atoms with E-state index in [0.29, 0.717) is 25.2 Å². The Labute approximate surface area is 172 Å². The van der Waals surface area contributed by atoms with E-state index in [1.165, 1.54) is 14.2 Å². The highest BCUT2D eigenvalue weighted by molar-refractivity contribution is 6.05. The number of nitrogens with one attached hydrogen (secondary N) is 1. The zero-order chi connectivity index (χ0) is 21.6. The maximum atomic E-state index is 15.0. The first-order valence-corrected chi connectivity index (χ1v) is 9.65. The van der Waals surface area contributed by atoms with E-state index in [1.807, 2.05) is 0 Å². The summed E-state index contributed by atoms with van der Waals surface area (Å²) in [6.45, 7) is 1.95. The molecule has 1 fully saturated rings. The highest BCUT2D eigenvalue weighted by Crippen LogP contribution is 2.55. The summed E-state index contributed by atoms with van der Waals surface area (Å²) in [7, 11) is 2.53. The van der Waals surface area contributed by atoms with Crippen LogP contribution in [0.25, 0.3) is 0 Å². The second kappa shape index (κ2) is 7.39. The normalized spacial score (nSPS) is 17.5. The smallest absolute Gasteiger partial charge is 0.238 e. The van der Waals surface area contributed by atoms with E-state index in [0.717, 1.165) is 22.1 Å². The number of methoxy groups -OCH3 is 2. The van der Waals surface area contributed by atoms with Crippen LogP contribution in [0.4, 0.5) is 20.3 Å². The summed E-state index contributed by atoms with van der Waals surface area (Å²) in [6, 6.07) is 2.91. The van der Waals surface area contributed by atoms with Gasteiger partial charge in [0.15, 0.2) is 23.1 Å². The molecule has 1 aromatic heterocycles. The lowest BCUT2D eigenvalue weighted by Crippen LogP contribution is -2.45. The van der Waals surface area contributed by atoms with Crippen LogP contribution in [-0.4, -0.2) is 42.9 Å². The van der Waals surface area contributed by atoms with Gasteiger partial charge in [-0.25, -0.2) is 13.8 Å². The number of hydrogen-bond acceptors (Lipinski definition) is 6. The first-order chi connectivity index (χ1) is 14.3. The van der Waals surface area contributed by atoms with Gasteiger partial charge in [0.1, 0.15) is 11.5 Å². The minimum absolute atomic E-state index is 0.0240. The third-order valence-corrected chi connectivity index (χ3v) is 5.63. The van der Waals surface area contributed by atoms with Crippen LogP contribution in [0.2, 0.25) is 0 Å². The number of ether oxygens (including phenoxy) is 2. The number of rotatable bonds is 6. The van der Waals surface area contributed by atoms with E-state index in [4.69, 9.17) is 9.47 Å². The van der Waals surface area contributed by atoms with Gasteiger partial charge >= 0.3 is 0 Å². The van der Waals surface area contributed by atoms with Crippen LogP contribution in [-0.2, 0) is 16.8 Å². The average Bonchev–Trinajstić information content (AvgIpc) is 3.52. The van der Waals surface area contributed by atoms with E-state index in [2.05, 4.69) is 10.3 Å². The fourth-order valence-corrected chi connectivity index (χ4v) is 3.92. The van der Waals surface area contributed by atoms with Crippen LogP contribution in [0, 0.1) is 11.6 Å². The maximum absolute atomic E-state index is 15.0. The van der Waals surface area contributed by atoms with Crippen LogP contribution in [0.1, 0.15) is 30.9 Å². The van der Waals surface area contributed by atoms with Crippen molar-refractivity contribution in [3.8, 4) is 11.5 Å². The monoisotopic (exact) mass is 419 g/mol. The van der Waals surface area contributed by atoms with Gasteiger partial charge < -0.3 is 24.8 Å². The zero-order valence-corrected chi connectivity index (χ0v) is 17.0. The lowest BCUT2D eigenvalue weighted by atomic mass is 9.86. The molecule has 1 atom stereocenters. The van der Waals surface area contributed by atoms with E-state index in [-0.39, 0.29) is 24.0 Å². The molecule has 0 saturated heterocycles. The molecule has 7 nitrogen and oxygen atoms in total. The van der Waals surface area contributed by atoms with Crippen molar-refractivity contribution < 1.29 is 28.2 Å². The summed E-state index contributed by atoms with van der Waals surface area (Å²) >= 11 is 0. The molecule has 1 unspecified atom stereocenters. The van der Waals surface area contributed by atoms with Gasteiger partial charge in [-0.05, 0) is 37.0 Å². The van der Waals surface area contributed by atoms with Crippen molar-refractivity contribution >= 4 is 17.4 Å². The number of aliphatic hydroxyl groups excluding tert-OH is 1. The third-order valence-electron chi connectivity index (χ3n) is 5.63.